The third-order valence-corrected chi connectivity index (χ3v) is 8.09. The predicted octanol–water partition coefficient (Wildman–Crippen LogP) is 5.97. The molecule has 3 aromatic rings. The number of aliphatic hydroxyl groups is 1. The van der Waals surface area contributed by atoms with Crippen molar-refractivity contribution < 1.29 is 19.4 Å². The van der Waals surface area contributed by atoms with Crippen molar-refractivity contribution in [3.8, 4) is 5.75 Å². The van der Waals surface area contributed by atoms with Crippen molar-refractivity contribution in [2.24, 2.45) is 0 Å². The van der Waals surface area contributed by atoms with Gasteiger partial charge in [0.25, 0.3) is 0 Å². The lowest BCUT2D eigenvalue weighted by Crippen LogP contribution is -2.42. The summed E-state index contributed by atoms with van der Waals surface area (Å²) in [6.45, 7) is 6.14. The molecule has 0 bridgehead atoms. The Morgan fingerprint density at radius 3 is 2.18 bits per heavy atom. The largest absolute Gasteiger partial charge is 0.421 e. The van der Waals surface area contributed by atoms with Gasteiger partial charge in [0, 0.05) is 31.6 Å². The number of esters is 1. The number of benzene rings is 3. The Balaban J connectivity index is 1.31. The Bertz CT molecular complexity index is 1270. The first-order valence-corrected chi connectivity index (χ1v) is 14.2. The van der Waals surface area contributed by atoms with E-state index in [2.05, 4.69) is 9.80 Å². The standard InChI is InChI=1S/C33H38N2O4/c1-2-30(36)27-15-16-31(29(23-27)35-21-17-33(38,18-22-35)28-9-5-3-6-10-28)39-32(37)26-13-11-25(12-14-26)24-34-19-7-4-8-20-34/h3,5-6,9-16,23,38H,2,4,7-8,17-22,24H2,1H3. The van der Waals surface area contributed by atoms with Crippen LogP contribution in [0.4, 0.5) is 5.69 Å². The summed E-state index contributed by atoms with van der Waals surface area (Å²) in [6.07, 6.45) is 5.28. The third-order valence-electron chi connectivity index (χ3n) is 8.09. The number of likely N-dealkylation sites (tertiary alicyclic amines) is 1. The van der Waals surface area contributed by atoms with Gasteiger partial charge in [-0.05, 0) is 80.2 Å². The Morgan fingerprint density at radius 1 is 0.846 bits per heavy atom. The number of rotatable bonds is 8. The molecule has 5 rings (SSSR count). The lowest BCUT2D eigenvalue weighted by molar-refractivity contribution is 0.0116. The van der Waals surface area contributed by atoms with E-state index in [4.69, 9.17) is 4.74 Å². The van der Waals surface area contributed by atoms with Gasteiger partial charge in [0.1, 0.15) is 0 Å². The van der Waals surface area contributed by atoms with Gasteiger partial charge in [-0.3, -0.25) is 9.69 Å². The van der Waals surface area contributed by atoms with Crippen LogP contribution in [-0.4, -0.2) is 47.9 Å². The zero-order valence-electron chi connectivity index (χ0n) is 22.8. The molecule has 0 saturated carbocycles. The molecule has 0 spiro atoms. The smallest absolute Gasteiger partial charge is 0.343 e. The fraction of sp³-hybridized carbons (Fsp3) is 0.394. The number of ether oxygens (including phenoxy) is 1. The fourth-order valence-corrected chi connectivity index (χ4v) is 5.66. The Labute approximate surface area is 231 Å². The van der Waals surface area contributed by atoms with E-state index in [1.807, 2.05) is 67.6 Å². The zero-order chi connectivity index (χ0) is 27.2. The molecule has 0 unspecified atom stereocenters. The van der Waals surface area contributed by atoms with Crippen LogP contribution in [0.2, 0.25) is 0 Å². The summed E-state index contributed by atoms with van der Waals surface area (Å²) in [5.74, 6) is 0.0413. The molecule has 2 aliphatic rings. The summed E-state index contributed by atoms with van der Waals surface area (Å²) in [6, 6.07) is 22.7. The highest BCUT2D eigenvalue weighted by atomic mass is 16.5. The average Bonchev–Trinajstić information content (AvgIpc) is 2.99. The first kappa shape index (κ1) is 27.1. The van der Waals surface area contributed by atoms with Crippen molar-refractivity contribution in [1.29, 1.82) is 0 Å². The van der Waals surface area contributed by atoms with Crippen molar-refractivity contribution in [1.82, 2.24) is 4.90 Å². The molecule has 0 amide bonds. The number of anilines is 1. The van der Waals surface area contributed by atoms with E-state index in [1.54, 1.807) is 12.1 Å². The van der Waals surface area contributed by atoms with Crippen molar-refractivity contribution in [3.05, 3.63) is 95.1 Å². The Morgan fingerprint density at radius 2 is 1.51 bits per heavy atom. The molecule has 2 fully saturated rings. The third kappa shape index (κ3) is 6.40. The minimum atomic E-state index is -0.901. The highest BCUT2D eigenvalue weighted by Gasteiger charge is 2.35. The van der Waals surface area contributed by atoms with Crippen LogP contribution in [-0.2, 0) is 12.1 Å². The number of ketones is 1. The molecule has 2 heterocycles. The Kier molecular flexibility index (Phi) is 8.44. The summed E-state index contributed by atoms with van der Waals surface area (Å²) < 4.78 is 5.91. The van der Waals surface area contributed by atoms with Crippen molar-refractivity contribution in [2.45, 2.75) is 57.6 Å². The zero-order valence-corrected chi connectivity index (χ0v) is 22.8. The van der Waals surface area contributed by atoms with Crippen LogP contribution in [0.1, 0.15) is 77.3 Å². The SMILES string of the molecule is CCC(=O)c1ccc(OC(=O)c2ccc(CN3CCCCC3)cc2)c(N2CCC(O)(c3ccccc3)CC2)c1. The summed E-state index contributed by atoms with van der Waals surface area (Å²) >= 11 is 0. The summed E-state index contributed by atoms with van der Waals surface area (Å²) in [4.78, 5) is 30.2. The highest BCUT2D eigenvalue weighted by Crippen LogP contribution is 2.38. The minimum Gasteiger partial charge on any atom is -0.421 e. The second kappa shape index (κ2) is 12.1. The van der Waals surface area contributed by atoms with E-state index in [0.717, 1.165) is 25.2 Å². The summed E-state index contributed by atoms with van der Waals surface area (Å²) in [7, 11) is 0. The highest BCUT2D eigenvalue weighted by molar-refractivity contribution is 5.98. The van der Waals surface area contributed by atoms with Gasteiger partial charge in [-0.15, -0.1) is 0 Å². The maximum atomic E-state index is 13.2. The normalized spacial score (nSPS) is 17.5. The predicted molar refractivity (Wildman–Crippen MR) is 153 cm³/mol. The summed E-state index contributed by atoms with van der Waals surface area (Å²) in [5.41, 5.74) is 3.00. The molecule has 39 heavy (non-hydrogen) atoms. The maximum absolute atomic E-state index is 13.2. The molecule has 2 aliphatic heterocycles. The molecule has 3 aromatic carbocycles. The van der Waals surface area contributed by atoms with E-state index in [-0.39, 0.29) is 5.78 Å². The second-order valence-electron chi connectivity index (χ2n) is 10.8. The van der Waals surface area contributed by atoms with Crippen LogP contribution < -0.4 is 9.64 Å². The number of hydrogen-bond acceptors (Lipinski definition) is 6. The number of hydrogen-bond donors (Lipinski definition) is 1. The van der Waals surface area contributed by atoms with Crippen molar-refractivity contribution in [3.63, 3.8) is 0 Å². The van der Waals surface area contributed by atoms with Crippen LogP contribution in [0.25, 0.3) is 0 Å². The van der Waals surface area contributed by atoms with E-state index in [0.29, 0.717) is 54.9 Å². The number of nitrogens with zero attached hydrogens (tertiary/aromatic N) is 2. The molecular formula is C33H38N2O4. The van der Waals surface area contributed by atoms with Crippen LogP contribution in [0.15, 0.2) is 72.8 Å². The van der Waals surface area contributed by atoms with Gasteiger partial charge in [-0.2, -0.15) is 0 Å². The molecule has 1 N–H and O–H groups in total. The van der Waals surface area contributed by atoms with Gasteiger partial charge in [0.15, 0.2) is 11.5 Å². The molecule has 0 radical (unpaired) electrons. The monoisotopic (exact) mass is 526 g/mol. The van der Waals surface area contributed by atoms with Gasteiger partial charge in [0.2, 0.25) is 0 Å². The van der Waals surface area contributed by atoms with Gasteiger partial charge >= 0.3 is 5.97 Å². The second-order valence-corrected chi connectivity index (χ2v) is 10.8. The van der Waals surface area contributed by atoms with E-state index >= 15 is 0 Å². The fourth-order valence-electron chi connectivity index (χ4n) is 5.66. The van der Waals surface area contributed by atoms with Gasteiger partial charge < -0.3 is 14.7 Å². The van der Waals surface area contributed by atoms with Gasteiger partial charge in [-0.25, -0.2) is 4.79 Å². The molecule has 204 valence electrons. The molecule has 6 nitrogen and oxygen atoms in total. The number of carbonyl (C=O) groups is 2. The molecule has 0 aromatic heterocycles. The van der Waals surface area contributed by atoms with E-state index in [9.17, 15) is 14.7 Å². The van der Waals surface area contributed by atoms with Crippen LogP contribution in [0.3, 0.4) is 0 Å². The number of piperidine rings is 2. The Hall–Kier alpha value is -3.48. The first-order valence-electron chi connectivity index (χ1n) is 14.2. The van der Waals surface area contributed by atoms with Gasteiger partial charge in [0.05, 0.1) is 16.9 Å². The molecular weight excluding hydrogens is 488 g/mol. The van der Waals surface area contributed by atoms with Gasteiger partial charge in [-0.1, -0.05) is 55.8 Å². The molecule has 0 atom stereocenters. The van der Waals surface area contributed by atoms with Crippen molar-refractivity contribution in [2.75, 3.05) is 31.1 Å². The number of carbonyl (C=O) groups excluding carboxylic acids is 2. The number of Topliss-reactive ketones (excluding diaryl/α,β-unsaturated/α-hetero) is 1. The minimum absolute atomic E-state index is 0.0382. The summed E-state index contributed by atoms with van der Waals surface area (Å²) in [5, 5.41) is 11.3. The van der Waals surface area contributed by atoms with E-state index < -0.39 is 11.6 Å². The maximum Gasteiger partial charge on any atom is 0.343 e. The average molecular weight is 527 g/mol. The molecule has 2 saturated heterocycles. The van der Waals surface area contributed by atoms with E-state index in [1.165, 1.54) is 24.8 Å². The van der Waals surface area contributed by atoms with Crippen LogP contribution in [0.5, 0.6) is 5.75 Å². The topological polar surface area (TPSA) is 70.1 Å². The first-order chi connectivity index (χ1) is 18.9. The van der Waals surface area contributed by atoms with Crippen molar-refractivity contribution >= 4 is 17.4 Å². The lowest BCUT2D eigenvalue weighted by Gasteiger charge is -2.40. The van der Waals surface area contributed by atoms with Crippen LogP contribution >= 0.6 is 0 Å². The van der Waals surface area contributed by atoms with Crippen LogP contribution in [0, 0.1) is 0 Å². The lowest BCUT2D eigenvalue weighted by atomic mass is 9.84. The molecule has 0 aliphatic carbocycles. The molecule has 6 heteroatoms. The quantitative estimate of drug-likeness (QED) is 0.221.